The molecule has 0 spiro atoms. The van der Waals surface area contributed by atoms with E-state index >= 15 is 0 Å². The molecule has 0 bridgehead atoms. The van der Waals surface area contributed by atoms with E-state index in [0.29, 0.717) is 31.9 Å². The molecule has 9 heteroatoms. The van der Waals surface area contributed by atoms with E-state index in [0.717, 1.165) is 28.7 Å². The molecule has 1 aliphatic heterocycles. The summed E-state index contributed by atoms with van der Waals surface area (Å²) in [4.78, 5) is 26.1. The van der Waals surface area contributed by atoms with Crippen molar-refractivity contribution < 1.29 is 14.0 Å². The van der Waals surface area contributed by atoms with Crippen LogP contribution in [-0.4, -0.2) is 34.9 Å². The third kappa shape index (κ3) is 5.78. The molecule has 0 aliphatic carbocycles. The van der Waals surface area contributed by atoms with E-state index < -0.39 is 11.8 Å². The average molecular weight is 499 g/mol. The predicted octanol–water partition coefficient (Wildman–Crippen LogP) is 4.98. The van der Waals surface area contributed by atoms with E-state index in [4.69, 9.17) is 0 Å². The van der Waals surface area contributed by atoms with Gasteiger partial charge in [-0.25, -0.2) is 14.0 Å². The number of anilines is 2. The van der Waals surface area contributed by atoms with Crippen LogP contribution in [0.1, 0.15) is 17.5 Å². The van der Waals surface area contributed by atoms with Gasteiger partial charge < -0.3 is 16.0 Å². The van der Waals surface area contributed by atoms with Gasteiger partial charge >= 0.3 is 12.1 Å². The Bertz CT molecular complexity index is 1390. The number of rotatable bonds is 7. The Morgan fingerprint density at radius 2 is 1.89 bits per heavy atom. The van der Waals surface area contributed by atoms with E-state index in [1.807, 2.05) is 41.2 Å². The van der Waals surface area contributed by atoms with Gasteiger partial charge in [-0.1, -0.05) is 48.5 Å². The van der Waals surface area contributed by atoms with E-state index in [1.54, 1.807) is 6.20 Å². The Morgan fingerprint density at radius 1 is 1.05 bits per heavy atom. The summed E-state index contributed by atoms with van der Waals surface area (Å²) < 4.78 is 16.3. The van der Waals surface area contributed by atoms with Crippen molar-refractivity contribution >= 4 is 23.4 Å². The molecular formula is C28H27FN6O2. The molecule has 188 valence electrons. The first-order chi connectivity index (χ1) is 18.1. The Labute approximate surface area is 214 Å². The minimum atomic E-state index is -0.521. The van der Waals surface area contributed by atoms with E-state index in [2.05, 4.69) is 45.3 Å². The van der Waals surface area contributed by atoms with Crippen molar-refractivity contribution in [2.45, 2.75) is 19.5 Å². The van der Waals surface area contributed by atoms with Gasteiger partial charge in [0.1, 0.15) is 5.82 Å². The number of carbonyl (C=O) groups excluding carboxylic acids is 2. The molecule has 0 atom stereocenters. The SMILES string of the molecule is O=C(NCc1ccccc1-c1ccc(Cn2cccn2)cc1)Nc1ccc(F)c(N2CCCNC2=O)c1. The number of hydrogen-bond acceptors (Lipinski definition) is 3. The molecule has 0 saturated carbocycles. The molecule has 3 aromatic carbocycles. The maximum Gasteiger partial charge on any atom is 0.321 e. The van der Waals surface area contributed by atoms with E-state index in [-0.39, 0.29) is 11.7 Å². The van der Waals surface area contributed by atoms with Gasteiger partial charge in [-0.15, -0.1) is 0 Å². The highest BCUT2D eigenvalue weighted by Gasteiger charge is 2.22. The van der Waals surface area contributed by atoms with Crippen LogP contribution in [0.5, 0.6) is 0 Å². The summed E-state index contributed by atoms with van der Waals surface area (Å²) in [6.07, 6.45) is 4.41. The molecule has 4 amide bonds. The van der Waals surface area contributed by atoms with Crippen molar-refractivity contribution in [3.05, 3.63) is 102 Å². The number of amides is 4. The summed E-state index contributed by atoms with van der Waals surface area (Å²) in [6, 6.07) is 21.5. The zero-order valence-corrected chi connectivity index (χ0v) is 20.2. The summed E-state index contributed by atoms with van der Waals surface area (Å²) in [7, 11) is 0. The normalized spacial score (nSPS) is 13.2. The van der Waals surface area contributed by atoms with Crippen LogP contribution in [0.2, 0.25) is 0 Å². The van der Waals surface area contributed by atoms with Crippen molar-refractivity contribution in [2.75, 3.05) is 23.3 Å². The van der Waals surface area contributed by atoms with Crippen molar-refractivity contribution in [3.8, 4) is 11.1 Å². The Morgan fingerprint density at radius 3 is 2.68 bits per heavy atom. The van der Waals surface area contributed by atoms with Crippen LogP contribution in [0.25, 0.3) is 11.1 Å². The van der Waals surface area contributed by atoms with Gasteiger partial charge in [-0.3, -0.25) is 9.58 Å². The monoisotopic (exact) mass is 498 g/mol. The standard InChI is InChI=1S/C28H27FN6O2/c29-25-12-11-23(17-26(25)35-16-3-13-30-28(35)37)33-27(36)31-18-22-5-1-2-6-24(22)21-9-7-20(8-10-21)19-34-15-4-14-32-34/h1-2,4-12,14-15,17H,3,13,16,18-19H2,(H,30,37)(H2,31,33,36). The van der Waals surface area contributed by atoms with E-state index in [9.17, 15) is 14.0 Å². The average Bonchev–Trinajstić information content (AvgIpc) is 3.43. The van der Waals surface area contributed by atoms with Crippen LogP contribution >= 0.6 is 0 Å². The summed E-state index contributed by atoms with van der Waals surface area (Å²) in [5, 5.41) is 12.6. The fourth-order valence-electron chi connectivity index (χ4n) is 4.33. The van der Waals surface area contributed by atoms with Crippen LogP contribution in [0.15, 0.2) is 85.2 Å². The van der Waals surface area contributed by atoms with Crippen molar-refractivity contribution in [1.29, 1.82) is 0 Å². The number of nitrogens with zero attached hydrogens (tertiary/aromatic N) is 3. The van der Waals surface area contributed by atoms with Gasteiger partial charge in [0.25, 0.3) is 0 Å². The van der Waals surface area contributed by atoms with Crippen molar-refractivity contribution in [1.82, 2.24) is 20.4 Å². The largest absolute Gasteiger partial charge is 0.338 e. The van der Waals surface area contributed by atoms with Gasteiger partial charge in [0, 0.05) is 37.7 Å². The fourth-order valence-corrected chi connectivity index (χ4v) is 4.33. The smallest absolute Gasteiger partial charge is 0.321 e. The van der Waals surface area contributed by atoms with Crippen molar-refractivity contribution in [2.24, 2.45) is 0 Å². The van der Waals surface area contributed by atoms with Crippen LogP contribution < -0.4 is 20.9 Å². The molecule has 37 heavy (non-hydrogen) atoms. The lowest BCUT2D eigenvalue weighted by molar-refractivity contribution is 0.242. The Balaban J connectivity index is 1.23. The van der Waals surface area contributed by atoms with Crippen LogP contribution in [0.4, 0.5) is 25.4 Å². The Kier molecular flexibility index (Phi) is 7.12. The number of benzene rings is 3. The molecular weight excluding hydrogens is 471 g/mol. The molecule has 1 saturated heterocycles. The first kappa shape index (κ1) is 24.1. The lowest BCUT2D eigenvalue weighted by Gasteiger charge is -2.28. The molecule has 0 radical (unpaired) electrons. The quantitative estimate of drug-likeness (QED) is 0.336. The molecule has 1 aliphatic rings. The second-order valence-electron chi connectivity index (χ2n) is 8.77. The van der Waals surface area contributed by atoms with Crippen molar-refractivity contribution in [3.63, 3.8) is 0 Å². The lowest BCUT2D eigenvalue weighted by atomic mass is 9.98. The summed E-state index contributed by atoms with van der Waals surface area (Å²) in [6.45, 7) is 1.98. The molecule has 4 aromatic rings. The maximum absolute atomic E-state index is 14.4. The third-order valence-corrected chi connectivity index (χ3v) is 6.20. The summed E-state index contributed by atoms with van der Waals surface area (Å²) >= 11 is 0. The summed E-state index contributed by atoms with van der Waals surface area (Å²) in [5.41, 5.74) is 4.70. The number of nitrogens with one attached hydrogen (secondary N) is 3. The van der Waals surface area contributed by atoms with Gasteiger partial charge in [-0.05, 0) is 52.9 Å². The molecule has 0 unspecified atom stereocenters. The van der Waals surface area contributed by atoms with Gasteiger partial charge in [0.05, 0.1) is 12.2 Å². The first-order valence-electron chi connectivity index (χ1n) is 12.1. The molecule has 1 fully saturated rings. The molecule has 8 nitrogen and oxygen atoms in total. The van der Waals surface area contributed by atoms with E-state index in [1.165, 1.54) is 23.1 Å². The molecule has 3 N–H and O–H groups in total. The predicted molar refractivity (Wildman–Crippen MR) is 141 cm³/mol. The zero-order valence-electron chi connectivity index (χ0n) is 20.2. The second-order valence-corrected chi connectivity index (χ2v) is 8.77. The number of hydrogen-bond donors (Lipinski definition) is 3. The first-order valence-corrected chi connectivity index (χ1v) is 12.1. The number of aromatic nitrogens is 2. The second kappa shape index (κ2) is 10.9. The van der Waals surface area contributed by atoms with Gasteiger partial charge in [-0.2, -0.15) is 5.10 Å². The minimum Gasteiger partial charge on any atom is -0.338 e. The number of halogens is 1. The van der Waals surface area contributed by atoms with Gasteiger partial charge in [0.15, 0.2) is 0 Å². The topological polar surface area (TPSA) is 91.3 Å². The number of carbonyl (C=O) groups is 2. The van der Waals surface area contributed by atoms with Crippen LogP contribution in [-0.2, 0) is 13.1 Å². The molecule has 1 aromatic heterocycles. The maximum atomic E-state index is 14.4. The minimum absolute atomic E-state index is 0.136. The third-order valence-electron chi connectivity index (χ3n) is 6.20. The summed E-state index contributed by atoms with van der Waals surface area (Å²) in [5.74, 6) is -0.521. The van der Waals surface area contributed by atoms with Crippen LogP contribution in [0.3, 0.4) is 0 Å². The number of urea groups is 2. The highest BCUT2D eigenvalue weighted by Crippen LogP contribution is 2.26. The highest BCUT2D eigenvalue weighted by atomic mass is 19.1. The molecule has 5 rings (SSSR count). The van der Waals surface area contributed by atoms with Gasteiger partial charge in [0.2, 0.25) is 0 Å². The molecule has 2 heterocycles. The Hall–Kier alpha value is -4.66. The lowest BCUT2D eigenvalue weighted by Crippen LogP contribution is -2.46. The highest BCUT2D eigenvalue weighted by molar-refractivity contribution is 5.95. The fraction of sp³-hybridized carbons (Fsp3) is 0.179. The van der Waals surface area contributed by atoms with Crippen LogP contribution in [0, 0.1) is 5.82 Å². The zero-order chi connectivity index (χ0) is 25.6.